The summed E-state index contributed by atoms with van der Waals surface area (Å²) in [5.74, 6) is -0.138. The summed E-state index contributed by atoms with van der Waals surface area (Å²) in [6.45, 7) is 4.54. The Labute approximate surface area is 191 Å². The van der Waals surface area contributed by atoms with Crippen LogP contribution in [0, 0.1) is 0 Å². The minimum Gasteiger partial charge on any atom is -0.465 e. The summed E-state index contributed by atoms with van der Waals surface area (Å²) in [4.78, 5) is 31.8. The normalized spacial score (nSPS) is 14.1. The number of amides is 2. The van der Waals surface area contributed by atoms with Crippen molar-refractivity contribution < 1.29 is 19.4 Å². The van der Waals surface area contributed by atoms with E-state index in [0.29, 0.717) is 55.5 Å². The van der Waals surface area contributed by atoms with E-state index < -0.39 is 6.09 Å². The third-order valence-corrected chi connectivity index (χ3v) is 5.88. The lowest BCUT2D eigenvalue weighted by Gasteiger charge is -2.33. The van der Waals surface area contributed by atoms with Crippen molar-refractivity contribution in [3.63, 3.8) is 0 Å². The van der Waals surface area contributed by atoms with Gasteiger partial charge in [-0.15, -0.1) is 0 Å². The summed E-state index contributed by atoms with van der Waals surface area (Å²) in [5, 5.41) is 10.4. The number of pyridine rings is 1. The molecule has 2 amide bonds. The minimum atomic E-state index is -0.958. The fourth-order valence-corrected chi connectivity index (χ4v) is 4.01. The van der Waals surface area contributed by atoms with Crippen LogP contribution in [0.1, 0.15) is 22.8 Å². The molecule has 0 unspecified atom stereocenters. The number of halogens is 1. The van der Waals surface area contributed by atoms with E-state index in [9.17, 15) is 9.59 Å². The van der Waals surface area contributed by atoms with Gasteiger partial charge < -0.3 is 19.6 Å². The smallest absolute Gasteiger partial charge is 0.407 e. The van der Waals surface area contributed by atoms with Crippen LogP contribution < -0.4 is 0 Å². The summed E-state index contributed by atoms with van der Waals surface area (Å²) >= 11 is 6.52. The largest absolute Gasteiger partial charge is 0.465 e. The number of aromatic nitrogens is 1. The van der Waals surface area contributed by atoms with E-state index in [2.05, 4.69) is 0 Å². The van der Waals surface area contributed by atoms with Crippen LogP contribution in [0.3, 0.4) is 0 Å². The fourth-order valence-electron chi connectivity index (χ4n) is 3.74. The first-order valence-electron chi connectivity index (χ1n) is 10.5. The number of benzene rings is 2. The van der Waals surface area contributed by atoms with Crippen LogP contribution in [0.15, 0.2) is 48.5 Å². The van der Waals surface area contributed by atoms with Crippen LogP contribution in [0.5, 0.6) is 0 Å². The van der Waals surface area contributed by atoms with Crippen LogP contribution in [0.2, 0.25) is 5.02 Å². The van der Waals surface area contributed by atoms with Gasteiger partial charge in [-0.2, -0.15) is 0 Å². The van der Waals surface area contributed by atoms with Gasteiger partial charge >= 0.3 is 6.09 Å². The molecule has 2 heterocycles. The second kappa shape index (κ2) is 9.54. The quantitative estimate of drug-likeness (QED) is 0.613. The number of rotatable bonds is 5. The van der Waals surface area contributed by atoms with Gasteiger partial charge in [-0.25, -0.2) is 9.78 Å². The molecule has 32 heavy (non-hydrogen) atoms. The number of ether oxygens (including phenoxy) is 1. The van der Waals surface area contributed by atoms with Crippen molar-refractivity contribution in [2.24, 2.45) is 0 Å². The van der Waals surface area contributed by atoms with Gasteiger partial charge in [0.05, 0.1) is 22.8 Å². The average Bonchev–Trinajstić information content (AvgIpc) is 2.82. The zero-order valence-corrected chi connectivity index (χ0v) is 18.5. The Morgan fingerprint density at radius 1 is 1.03 bits per heavy atom. The van der Waals surface area contributed by atoms with Crippen LogP contribution >= 0.6 is 11.6 Å². The van der Waals surface area contributed by atoms with Crippen molar-refractivity contribution in [2.45, 2.75) is 13.5 Å². The van der Waals surface area contributed by atoms with E-state index in [1.165, 1.54) is 4.90 Å². The molecule has 0 atom stereocenters. The molecule has 1 aliphatic heterocycles. The molecule has 0 radical (unpaired) electrons. The first-order chi connectivity index (χ1) is 15.5. The van der Waals surface area contributed by atoms with Crippen molar-refractivity contribution in [3.05, 3.63) is 64.7 Å². The number of nitrogens with zero attached hydrogens (tertiary/aromatic N) is 3. The predicted molar refractivity (Wildman–Crippen MR) is 123 cm³/mol. The molecular formula is C24H24ClN3O4. The van der Waals surface area contributed by atoms with Gasteiger partial charge in [-0.05, 0) is 30.7 Å². The SMILES string of the molecule is CCOCc1ccc(-c2cc(Cl)c3ccc(C(=O)N4CCN(C(=O)O)CC4)cc3n2)cc1. The molecule has 1 aromatic heterocycles. The maximum atomic E-state index is 13.0. The minimum absolute atomic E-state index is 0.138. The Morgan fingerprint density at radius 2 is 1.72 bits per heavy atom. The standard InChI is InChI=1S/C24H24ClN3O4/c1-2-32-15-16-3-5-17(6-4-16)21-14-20(25)19-8-7-18(13-22(19)26-21)23(29)27-9-11-28(12-10-27)24(30)31/h3-8,13-14H,2,9-12,15H2,1H3,(H,30,31). The molecule has 2 aromatic carbocycles. The van der Waals surface area contributed by atoms with Crippen molar-refractivity contribution in [1.29, 1.82) is 0 Å². The highest BCUT2D eigenvalue weighted by molar-refractivity contribution is 6.35. The van der Waals surface area contributed by atoms with Crippen molar-refractivity contribution in [2.75, 3.05) is 32.8 Å². The first kappa shape index (κ1) is 22.0. The van der Waals surface area contributed by atoms with E-state index in [0.717, 1.165) is 22.2 Å². The van der Waals surface area contributed by atoms with Crippen molar-refractivity contribution in [3.8, 4) is 11.3 Å². The molecule has 0 bridgehead atoms. The van der Waals surface area contributed by atoms with Gasteiger partial charge in [-0.1, -0.05) is 41.9 Å². The van der Waals surface area contributed by atoms with Crippen molar-refractivity contribution >= 4 is 34.5 Å². The van der Waals surface area contributed by atoms with Gasteiger partial charge in [0, 0.05) is 49.3 Å². The summed E-state index contributed by atoms with van der Waals surface area (Å²) in [7, 11) is 0. The molecule has 7 nitrogen and oxygen atoms in total. The van der Waals surface area contributed by atoms with E-state index >= 15 is 0 Å². The second-order valence-electron chi connectivity index (χ2n) is 7.62. The fraction of sp³-hybridized carbons (Fsp3) is 0.292. The highest BCUT2D eigenvalue weighted by atomic mass is 35.5. The maximum Gasteiger partial charge on any atom is 0.407 e. The molecule has 8 heteroatoms. The molecule has 1 saturated heterocycles. The Balaban J connectivity index is 1.58. The Bertz CT molecular complexity index is 1140. The highest BCUT2D eigenvalue weighted by Gasteiger charge is 2.24. The monoisotopic (exact) mass is 453 g/mol. The Morgan fingerprint density at radius 3 is 2.38 bits per heavy atom. The second-order valence-corrected chi connectivity index (χ2v) is 8.02. The zero-order valence-electron chi connectivity index (χ0n) is 17.8. The molecule has 4 rings (SSSR count). The van der Waals surface area contributed by atoms with Crippen LogP contribution in [0.25, 0.3) is 22.2 Å². The van der Waals surface area contributed by atoms with Crippen LogP contribution in [0.4, 0.5) is 4.79 Å². The van der Waals surface area contributed by atoms with Gasteiger partial charge in [0.25, 0.3) is 5.91 Å². The van der Waals surface area contributed by atoms with Gasteiger partial charge in [0.2, 0.25) is 0 Å². The first-order valence-corrected chi connectivity index (χ1v) is 10.9. The predicted octanol–water partition coefficient (Wildman–Crippen LogP) is 4.53. The third-order valence-electron chi connectivity index (χ3n) is 5.57. The lowest BCUT2D eigenvalue weighted by atomic mass is 10.1. The number of hydrogen-bond acceptors (Lipinski definition) is 4. The van der Waals surface area contributed by atoms with Gasteiger partial charge in [-0.3, -0.25) is 4.79 Å². The molecule has 166 valence electrons. The maximum absolute atomic E-state index is 13.0. The number of carbonyl (C=O) groups excluding carboxylic acids is 1. The number of carboxylic acid groups (broad SMARTS) is 1. The van der Waals surface area contributed by atoms with Crippen LogP contribution in [-0.4, -0.2) is 64.7 Å². The lowest BCUT2D eigenvalue weighted by Crippen LogP contribution is -2.50. The molecule has 3 aromatic rings. The summed E-state index contributed by atoms with van der Waals surface area (Å²) in [6, 6.07) is 15.1. The molecular weight excluding hydrogens is 430 g/mol. The van der Waals surface area contributed by atoms with E-state index in [-0.39, 0.29) is 5.91 Å². The topological polar surface area (TPSA) is 83.0 Å². The summed E-state index contributed by atoms with van der Waals surface area (Å²) < 4.78 is 5.44. The highest BCUT2D eigenvalue weighted by Crippen LogP contribution is 2.29. The molecule has 0 saturated carbocycles. The molecule has 1 N–H and O–H groups in total. The number of fused-ring (bicyclic) bond motifs is 1. The van der Waals surface area contributed by atoms with Crippen molar-refractivity contribution in [1.82, 2.24) is 14.8 Å². The number of carbonyl (C=O) groups is 2. The number of piperazine rings is 1. The molecule has 0 spiro atoms. The van der Waals surface area contributed by atoms with E-state index in [1.807, 2.05) is 37.3 Å². The summed E-state index contributed by atoms with van der Waals surface area (Å²) in [5.41, 5.74) is 3.88. The lowest BCUT2D eigenvalue weighted by molar-refractivity contribution is 0.0625. The van der Waals surface area contributed by atoms with Crippen LogP contribution in [-0.2, 0) is 11.3 Å². The summed E-state index contributed by atoms with van der Waals surface area (Å²) in [6.07, 6.45) is -0.958. The number of hydrogen-bond donors (Lipinski definition) is 1. The molecule has 0 aliphatic carbocycles. The Kier molecular flexibility index (Phi) is 6.58. The zero-order chi connectivity index (χ0) is 22.7. The Hall–Kier alpha value is -3.16. The third kappa shape index (κ3) is 4.69. The molecule has 1 aliphatic rings. The molecule has 1 fully saturated rings. The van der Waals surface area contributed by atoms with E-state index in [4.69, 9.17) is 26.4 Å². The van der Waals surface area contributed by atoms with Gasteiger partial charge in [0.1, 0.15) is 0 Å². The average molecular weight is 454 g/mol. The van der Waals surface area contributed by atoms with E-state index in [1.54, 1.807) is 23.1 Å². The van der Waals surface area contributed by atoms with Gasteiger partial charge in [0.15, 0.2) is 0 Å².